The van der Waals surface area contributed by atoms with Gasteiger partial charge < -0.3 is 24.0 Å². The van der Waals surface area contributed by atoms with E-state index < -0.39 is 10.3 Å². The van der Waals surface area contributed by atoms with Gasteiger partial charge in [0.05, 0.1) is 0 Å². The van der Waals surface area contributed by atoms with Gasteiger partial charge in [-0.1, -0.05) is 132 Å². The summed E-state index contributed by atoms with van der Waals surface area (Å²) < 4.78 is 13.2. The van der Waals surface area contributed by atoms with Crippen molar-refractivity contribution >= 4 is 10.3 Å². The number of hydrogen-bond donors (Lipinski definition) is 2. The van der Waals surface area contributed by atoms with Crippen LogP contribution in [0.4, 0.5) is 0 Å². The Labute approximate surface area is 384 Å². The van der Waals surface area contributed by atoms with Gasteiger partial charge in [-0.05, 0) is 193 Å². The largest absolute Gasteiger partial charge is 0.400 e. The summed E-state index contributed by atoms with van der Waals surface area (Å²) >= 11 is 0. The van der Waals surface area contributed by atoms with Crippen molar-refractivity contribution in [2.24, 2.45) is 46.3 Å². The van der Waals surface area contributed by atoms with Crippen LogP contribution in [0.15, 0.2) is 0 Å². The smallest absolute Gasteiger partial charge is 0.168 e. The number of aliphatic hydroxyl groups excluding tert-OH is 2. The van der Waals surface area contributed by atoms with Crippen LogP contribution in [-0.2, 0) is 8.92 Å². The molecule has 366 valence electrons. The molecule has 9 atom stereocenters. The fourth-order valence-corrected chi connectivity index (χ4v) is 15.3. The molecule has 4 fully saturated rings. The minimum Gasteiger partial charge on any atom is -0.400 e. The Morgan fingerprint density at radius 2 is 1.23 bits per heavy atom. The highest BCUT2D eigenvalue weighted by Crippen LogP contribution is 2.68. The average molecular weight is 883 g/mol. The van der Waals surface area contributed by atoms with Gasteiger partial charge in [0.2, 0.25) is 0 Å². The maximum absolute atomic E-state index is 9.53. The number of fused-ring (bicyclic) bond motifs is 5. The number of ether oxygens (including phenoxy) is 1. The molecule has 0 heterocycles. The summed E-state index contributed by atoms with van der Waals surface area (Å²) in [7, 11) is -0.113. The molecule has 0 radical (unpaired) electrons. The van der Waals surface area contributed by atoms with Crippen LogP contribution in [0, 0.1) is 46.3 Å². The zero-order chi connectivity index (χ0) is 45.0. The van der Waals surface area contributed by atoms with E-state index in [0.29, 0.717) is 17.4 Å². The molecule has 0 spiro atoms. The van der Waals surface area contributed by atoms with E-state index in [2.05, 4.69) is 52.0 Å². The number of unbranched alkanes of at least 4 members (excludes halogenated alkanes) is 13. The molecule has 4 rings (SSSR count). The van der Waals surface area contributed by atoms with Crippen LogP contribution in [0.3, 0.4) is 0 Å². The van der Waals surface area contributed by atoms with E-state index in [1.54, 1.807) is 12.8 Å². The summed E-state index contributed by atoms with van der Waals surface area (Å²) in [6, 6.07) is 0. The Balaban J connectivity index is 0.00000311. The van der Waals surface area contributed by atoms with Gasteiger partial charge in [0.15, 0.2) is 6.29 Å². The fourth-order valence-electron chi connectivity index (χ4n) is 13.5. The third-order valence-electron chi connectivity index (χ3n) is 16.9. The Morgan fingerprint density at radius 1 is 0.623 bits per heavy atom. The molecule has 8 unspecified atom stereocenters. The molecule has 0 bridgehead atoms. The van der Waals surface area contributed by atoms with Crippen molar-refractivity contribution in [1.82, 2.24) is 4.90 Å². The molecule has 5 nitrogen and oxygen atoms in total. The summed E-state index contributed by atoms with van der Waals surface area (Å²) in [5, 5.41) is 16.5. The average Bonchev–Trinajstić information content (AvgIpc) is 3.62. The Kier molecular flexibility index (Phi) is 30.8. The molecule has 0 amide bonds. The third kappa shape index (κ3) is 19.5. The molecule has 0 aromatic carbocycles. The number of nitrogens with zero attached hydrogens (tertiary/aromatic N) is 1. The van der Waals surface area contributed by atoms with Gasteiger partial charge in [-0.15, -0.1) is 10.3 Å². The number of aliphatic hydroxyl groups is 2. The van der Waals surface area contributed by atoms with Gasteiger partial charge in [-0.3, -0.25) is 0 Å². The molecule has 2 N–H and O–H groups in total. The monoisotopic (exact) mass is 882 g/mol. The predicted octanol–water partition coefficient (Wildman–Crippen LogP) is 15.8. The van der Waals surface area contributed by atoms with Gasteiger partial charge in [0, 0.05) is 20.3 Å². The van der Waals surface area contributed by atoms with Crippen LogP contribution in [0.1, 0.15) is 241 Å². The van der Waals surface area contributed by atoms with E-state index in [0.717, 1.165) is 75.0 Å². The molecule has 0 aromatic heterocycles. The molecular weight excluding hydrogens is 771 g/mol. The molecular formula is C55H111NO4S. The lowest BCUT2D eigenvalue weighted by Gasteiger charge is -2.61. The van der Waals surface area contributed by atoms with Gasteiger partial charge in [-0.2, -0.15) is 0 Å². The van der Waals surface area contributed by atoms with Crippen molar-refractivity contribution < 1.29 is 19.1 Å². The number of hydrogen-bond acceptors (Lipinski definition) is 5. The number of rotatable bonds is 32. The summed E-state index contributed by atoms with van der Waals surface area (Å²) in [5.41, 5.74) is 1.26. The maximum atomic E-state index is 9.53. The topological polar surface area (TPSA) is 62.2 Å². The van der Waals surface area contributed by atoms with Crippen molar-refractivity contribution in [3.05, 3.63) is 0 Å². The van der Waals surface area contributed by atoms with Crippen LogP contribution in [0.2, 0.25) is 0 Å². The van der Waals surface area contributed by atoms with Crippen LogP contribution < -0.4 is 0 Å². The second-order valence-electron chi connectivity index (χ2n) is 21.4. The zero-order valence-corrected chi connectivity index (χ0v) is 43.9. The SMILES string of the molecule is CC.CCCCCCCCOC(CCCCCCC)OS(C)(C)CCCCCCN(CCCCO)CCC[C@@H](C)C1CCC2C3CCC4CCCCC4(C)C3CCC21C.CO. The van der Waals surface area contributed by atoms with Crippen molar-refractivity contribution in [1.29, 1.82) is 0 Å². The Bertz CT molecular complexity index is 1040. The second kappa shape index (κ2) is 32.8. The first-order valence-corrected chi connectivity index (χ1v) is 29.9. The molecule has 0 saturated heterocycles. The van der Waals surface area contributed by atoms with Crippen molar-refractivity contribution in [3.63, 3.8) is 0 Å². The van der Waals surface area contributed by atoms with Crippen molar-refractivity contribution in [3.8, 4) is 0 Å². The minimum atomic E-state index is -1.11. The lowest BCUT2D eigenvalue weighted by atomic mass is 9.44. The van der Waals surface area contributed by atoms with Crippen LogP contribution in [0.5, 0.6) is 0 Å². The molecule has 6 heteroatoms. The van der Waals surface area contributed by atoms with E-state index in [1.807, 2.05) is 13.8 Å². The molecule has 61 heavy (non-hydrogen) atoms. The van der Waals surface area contributed by atoms with Crippen molar-refractivity contribution in [2.75, 3.05) is 58.2 Å². The molecule has 4 aliphatic rings. The highest BCUT2D eigenvalue weighted by molar-refractivity contribution is 8.28. The van der Waals surface area contributed by atoms with Crippen LogP contribution in [-0.4, -0.2) is 79.6 Å². The van der Waals surface area contributed by atoms with Gasteiger partial charge in [0.1, 0.15) is 0 Å². The fraction of sp³-hybridized carbons (Fsp3) is 1.00. The van der Waals surface area contributed by atoms with Gasteiger partial charge in [-0.25, -0.2) is 0 Å². The Hall–Kier alpha value is 0.150. The molecule has 0 aliphatic heterocycles. The van der Waals surface area contributed by atoms with E-state index in [4.69, 9.17) is 14.0 Å². The highest BCUT2D eigenvalue weighted by Gasteiger charge is 2.60. The van der Waals surface area contributed by atoms with Crippen LogP contribution in [0.25, 0.3) is 0 Å². The molecule has 4 aliphatic carbocycles. The van der Waals surface area contributed by atoms with E-state index >= 15 is 0 Å². The maximum Gasteiger partial charge on any atom is 0.168 e. The summed E-state index contributed by atoms with van der Waals surface area (Å²) in [4.78, 5) is 2.76. The van der Waals surface area contributed by atoms with E-state index in [9.17, 15) is 5.11 Å². The molecule has 0 aromatic rings. The third-order valence-corrected chi connectivity index (χ3v) is 18.9. The summed E-state index contributed by atoms with van der Waals surface area (Å²) in [5.74, 6) is 7.07. The quantitative estimate of drug-likeness (QED) is 0.0521. The first kappa shape index (κ1) is 57.3. The Morgan fingerprint density at radius 3 is 1.93 bits per heavy atom. The van der Waals surface area contributed by atoms with E-state index in [-0.39, 0.29) is 6.29 Å². The van der Waals surface area contributed by atoms with E-state index in [1.165, 1.54) is 179 Å². The first-order valence-electron chi connectivity index (χ1n) is 27.4. The summed E-state index contributed by atoms with van der Waals surface area (Å²) in [6.45, 7) is 21.6. The normalized spacial score (nSPS) is 28.4. The minimum absolute atomic E-state index is 0.0136. The first-order chi connectivity index (χ1) is 29.6. The summed E-state index contributed by atoms with van der Waals surface area (Å²) in [6.07, 6.45) is 45.4. The van der Waals surface area contributed by atoms with Gasteiger partial charge in [0.25, 0.3) is 0 Å². The zero-order valence-electron chi connectivity index (χ0n) is 43.1. The standard InChI is InChI=1S/C52H101NO3S.C2H6.CH4O/c1-8-10-12-14-17-25-42-55-50(30-19-15-13-11-9-2)56-57(6,7)43-26-18-16-22-38-53(39-23-24-41-54)40-27-28-44(3)47-33-34-48-46-32-31-45-29-20-21-36-51(45,4)49(46)35-37-52(47,48)5;2*1-2/h44-50,54H,8-43H2,1-7H3;1-2H3;2H,1H3/t44-,45?,46?,47?,48?,49?,50?,51?,52?;;/m1../s1. The molecule has 4 saturated carbocycles. The van der Waals surface area contributed by atoms with Crippen LogP contribution >= 0.6 is 10.3 Å². The lowest BCUT2D eigenvalue weighted by Crippen LogP contribution is -2.53. The second-order valence-corrected chi connectivity index (χ2v) is 24.9. The predicted molar refractivity (Wildman–Crippen MR) is 271 cm³/mol. The van der Waals surface area contributed by atoms with Gasteiger partial charge >= 0.3 is 0 Å². The van der Waals surface area contributed by atoms with Crippen molar-refractivity contribution in [2.45, 2.75) is 247 Å². The highest BCUT2D eigenvalue weighted by atomic mass is 32.3. The lowest BCUT2D eigenvalue weighted by molar-refractivity contribution is -0.114.